The molecule has 106 valence electrons. The van der Waals surface area contributed by atoms with Crippen molar-refractivity contribution in [2.45, 2.75) is 45.6 Å². The Morgan fingerprint density at radius 3 is 2.95 bits per heavy atom. The summed E-state index contributed by atoms with van der Waals surface area (Å²) in [6.45, 7) is 5.93. The molecule has 1 aromatic rings. The molecular formula is C14H24N4O. The highest BCUT2D eigenvalue weighted by atomic mass is 16.2. The molecule has 0 aliphatic carbocycles. The Labute approximate surface area is 114 Å². The SMILES string of the molecule is CCCC1(C(=O)NC(CC)c2ncc[nH]2)CCNC1. The topological polar surface area (TPSA) is 69.8 Å². The lowest BCUT2D eigenvalue weighted by Gasteiger charge is -2.28. The van der Waals surface area contributed by atoms with E-state index in [0.29, 0.717) is 0 Å². The molecule has 0 bridgehead atoms. The second-order valence-electron chi connectivity index (χ2n) is 5.37. The zero-order chi connectivity index (χ0) is 13.7. The number of H-pyrrole nitrogens is 1. The van der Waals surface area contributed by atoms with Crippen LogP contribution in [0.5, 0.6) is 0 Å². The molecular weight excluding hydrogens is 240 g/mol. The predicted molar refractivity (Wildman–Crippen MR) is 74.6 cm³/mol. The Morgan fingerprint density at radius 2 is 2.42 bits per heavy atom. The molecule has 0 saturated carbocycles. The molecule has 3 N–H and O–H groups in total. The molecule has 1 aliphatic heterocycles. The van der Waals surface area contributed by atoms with E-state index in [1.165, 1.54) is 0 Å². The minimum Gasteiger partial charge on any atom is -0.347 e. The van der Waals surface area contributed by atoms with Crippen molar-refractivity contribution in [2.24, 2.45) is 5.41 Å². The highest BCUT2D eigenvalue weighted by molar-refractivity contribution is 5.83. The van der Waals surface area contributed by atoms with E-state index in [0.717, 1.165) is 44.6 Å². The number of hydrogen-bond donors (Lipinski definition) is 3. The molecule has 1 saturated heterocycles. The summed E-state index contributed by atoms with van der Waals surface area (Å²) < 4.78 is 0. The zero-order valence-electron chi connectivity index (χ0n) is 11.8. The summed E-state index contributed by atoms with van der Waals surface area (Å²) in [5, 5.41) is 6.48. The number of carbonyl (C=O) groups excluding carboxylic acids is 1. The molecule has 2 unspecified atom stereocenters. The molecule has 0 radical (unpaired) electrons. The number of aromatic amines is 1. The van der Waals surface area contributed by atoms with E-state index in [9.17, 15) is 4.79 Å². The van der Waals surface area contributed by atoms with Gasteiger partial charge >= 0.3 is 0 Å². The first-order chi connectivity index (χ1) is 9.22. The van der Waals surface area contributed by atoms with Crippen LogP contribution in [-0.2, 0) is 4.79 Å². The van der Waals surface area contributed by atoms with Gasteiger partial charge in [0.05, 0.1) is 11.5 Å². The van der Waals surface area contributed by atoms with Gasteiger partial charge in [0.2, 0.25) is 5.91 Å². The lowest BCUT2D eigenvalue weighted by atomic mass is 9.81. The maximum Gasteiger partial charge on any atom is 0.228 e. The fraction of sp³-hybridized carbons (Fsp3) is 0.714. The van der Waals surface area contributed by atoms with Gasteiger partial charge in [-0.1, -0.05) is 20.3 Å². The van der Waals surface area contributed by atoms with Crippen molar-refractivity contribution in [1.29, 1.82) is 0 Å². The van der Waals surface area contributed by atoms with E-state index in [1.807, 2.05) is 0 Å². The number of nitrogens with zero attached hydrogens (tertiary/aromatic N) is 1. The number of hydrogen-bond acceptors (Lipinski definition) is 3. The summed E-state index contributed by atoms with van der Waals surface area (Å²) in [6, 6.07) is -0.0168. The third kappa shape index (κ3) is 2.97. The minimum absolute atomic E-state index is 0.0168. The van der Waals surface area contributed by atoms with E-state index in [2.05, 4.69) is 34.4 Å². The quantitative estimate of drug-likeness (QED) is 0.733. The molecule has 2 heterocycles. The number of nitrogens with one attached hydrogen (secondary N) is 3. The van der Waals surface area contributed by atoms with Gasteiger partial charge in [-0.25, -0.2) is 4.98 Å². The van der Waals surface area contributed by atoms with Gasteiger partial charge in [-0.2, -0.15) is 0 Å². The summed E-state index contributed by atoms with van der Waals surface area (Å²) >= 11 is 0. The van der Waals surface area contributed by atoms with Crippen molar-refractivity contribution in [3.8, 4) is 0 Å². The van der Waals surface area contributed by atoms with Gasteiger partial charge in [-0.05, 0) is 25.8 Å². The first-order valence-electron chi connectivity index (χ1n) is 7.23. The first kappa shape index (κ1) is 14.1. The Balaban J connectivity index is 2.06. The first-order valence-corrected chi connectivity index (χ1v) is 7.23. The second-order valence-corrected chi connectivity index (χ2v) is 5.37. The molecule has 1 aliphatic rings. The van der Waals surface area contributed by atoms with E-state index >= 15 is 0 Å². The van der Waals surface area contributed by atoms with Crippen molar-refractivity contribution in [1.82, 2.24) is 20.6 Å². The Morgan fingerprint density at radius 1 is 1.58 bits per heavy atom. The zero-order valence-corrected chi connectivity index (χ0v) is 11.8. The van der Waals surface area contributed by atoms with Crippen LogP contribution >= 0.6 is 0 Å². The molecule has 5 heteroatoms. The monoisotopic (exact) mass is 264 g/mol. The van der Waals surface area contributed by atoms with Crippen LogP contribution in [0.15, 0.2) is 12.4 Å². The Bertz CT molecular complexity index is 396. The number of carbonyl (C=O) groups is 1. The van der Waals surface area contributed by atoms with E-state index in [1.54, 1.807) is 12.4 Å². The molecule has 1 amide bonds. The van der Waals surface area contributed by atoms with Crippen molar-refractivity contribution in [2.75, 3.05) is 13.1 Å². The van der Waals surface area contributed by atoms with Crippen LogP contribution in [0.2, 0.25) is 0 Å². The van der Waals surface area contributed by atoms with Crippen LogP contribution in [0.3, 0.4) is 0 Å². The molecule has 19 heavy (non-hydrogen) atoms. The van der Waals surface area contributed by atoms with Gasteiger partial charge in [-0.3, -0.25) is 4.79 Å². The standard InChI is InChI=1S/C14H24N4O/c1-3-5-14(6-7-15-10-14)13(19)18-11(4-2)12-16-8-9-17-12/h8-9,11,15H,3-7,10H2,1-2H3,(H,16,17)(H,18,19). The number of rotatable bonds is 6. The van der Waals surface area contributed by atoms with Gasteiger partial charge in [0.15, 0.2) is 0 Å². The predicted octanol–water partition coefficient (Wildman–Crippen LogP) is 1.76. The average Bonchev–Trinajstić information content (AvgIpc) is 3.07. The molecule has 5 nitrogen and oxygen atoms in total. The summed E-state index contributed by atoms with van der Waals surface area (Å²) in [6.07, 6.45) is 7.27. The van der Waals surface area contributed by atoms with Crippen LogP contribution < -0.4 is 10.6 Å². The number of amides is 1. The lowest BCUT2D eigenvalue weighted by Crippen LogP contribution is -2.44. The molecule has 2 rings (SSSR count). The third-order valence-electron chi connectivity index (χ3n) is 4.02. The average molecular weight is 264 g/mol. The van der Waals surface area contributed by atoms with Crippen molar-refractivity contribution < 1.29 is 4.79 Å². The molecule has 2 atom stereocenters. The fourth-order valence-corrected chi connectivity index (χ4v) is 2.89. The normalized spacial score (nSPS) is 24.3. The van der Waals surface area contributed by atoms with Gasteiger partial charge < -0.3 is 15.6 Å². The largest absolute Gasteiger partial charge is 0.347 e. The van der Waals surface area contributed by atoms with Crippen LogP contribution in [0.4, 0.5) is 0 Å². The lowest BCUT2D eigenvalue weighted by molar-refractivity contribution is -0.131. The van der Waals surface area contributed by atoms with Crippen molar-refractivity contribution in [3.63, 3.8) is 0 Å². The molecule has 1 fully saturated rings. The number of aromatic nitrogens is 2. The van der Waals surface area contributed by atoms with Gasteiger partial charge in [0.1, 0.15) is 5.82 Å². The summed E-state index contributed by atoms with van der Waals surface area (Å²) in [5.74, 6) is 1.01. The van der Waals surface area contributed by atoms with Crippen molar-refractivity contribution in [3.05, 3.63) is 18.2 Å². The van der Waals surface area contributed by atoms with E-state index in [-0.39, 0.29) is 17.4 Å². The molecule has 1 aromatic heterocycles. The Hall–Kier alpha value is -1.36. The Kier molecular flexibility index (Phi) is 4.58. The van der Waals surface area contributed by atoms with Gasteiger partial charge in [0.25, 0.3) is 0 Å². The number of imidazole rings is 1. The minimum atomic E-state index is -0.227. The summed E-state index contributed by atoms with van der Waals surface area (Å²) in [5.41, 5.74) is -0.227. The fourth-order valence-electron chi connectivity index (χ4n) is 2.89. The highest BCUT2D eigenvalue weighted by Gasteiger charge is 2.41. The maximum atomic E-state index is 12.6. The van der Waals surface area contributed by atoms with Crippen LogP contribution in [0.25, 0.3) is 0 Å². The van der Waals surface area contributed by atoms with E-state index in [4.69, 9.17) is 0 Å². The van der Waals surface area contributed by atoms with Crippen LogP contribution in [0.1, 0.15) is 51.4 Å². The van der Waals surface area contributed by atoms with Crippen molar-refractivity contribution >= 4 is 5.91 Å². The molecule has 0 spiro atoms. The summed E-state index contributed by atoms with van der Waals surface area (Å²) in [7, 11) is 0. The maximum absolute atomic E-state index is 12.6. The van der Waals surface area contributed by atoms with Gasteiger partial charge in [-0.15, -0.1) is 0 Å². The van der Waals surface area contributed by atoms with E-state index < -0.39 is 0 Å². The third-order valence-corrected chi connectivity index (χ3v) is 4.02. The smallest absolute Gasteiger partial charge is 0.228 e. The summed E-state index contributed by atoms with van der Waals surface area (Å²) in [4.78, 5) is 20.0. The van der Waals surface area contributed by atoms with Crippen LogP contribution in [0, 0.1) is 5.41 Å². The van der Waals surface area contributed by atoms with Gasteiger partial charge in [0, 0.05) is 18.9 Å². The highest BCUT2D eigenvalue weighted by Crippen LogP contribution is 2.32. The second kappa shape index (κ2) is 6.19. The van der Waals surface area contributed by atoms with Crippen LogP contribution in [-0.4, -0.2) is 29.0 Å². The molecule has 0 aromatic carbocycles.